The van der Waals surface area contributed by atoms with Gasteiger partial charge < -0.3 is 47.2 Å². The number of carboxylic acids is 3. The van der Waals surface area contributed by atoms with Crippen molar-refractivity contribution < 1.29 is 54.3 Å². The van der Waals surface area contributed by atoms with Gasteiger partial charge in [0, 0.05) is 0 Å². The summed E-state index contributed by atoms with van der Waals surface area (Å²) in [5.41, 5.74) is 5.25. The maximum absolute atomic E-state index is 12.3. The van der Waals surface area contributed by atoms with E-state index in [0.717, 1.165) is 0 Å². The van der Waals surface area contributed by atoms with E-state index in [-0.39, 0.29) is 0 Å². The fourth-order valence-corrected chi connectivity index (χ4v) is 1.86. The van der Waals surface area contributed by atoms with E-state index in [1.807, 2.05) is 10.6 Å². The number of aliphatic hydroxyl groups excluding tert-OH is 2. The molecule has 0 saturated carbocycles. The summed E-state index contributed by atoms with van der Waals surface area (Å²) < 4.78 is 0. The number of nitrogens with one attached hydrogen (secondary N) is 3. The van der Waals surface area contributed by atoms with Gasteiger partial charge >= 0.3 is 17.9 Å². The van der Waals surface area contributed by atoms with Crippen molar-refractivity contribution in [3.8, 4) is 0 Å². The summed E-state index contributed by atoms with van der Waals surface area (Å²) in [7, 11) is 0. The first-order valence-corrected chi connectivity index (χ1v) is 7.97. The highest BCUT2D eigenvalue weighted by molar-refractivity contribution is 5.96. The van der Waals surface area contributed by atoms with Crippen molar-refractivity contribution in [2.75, 3.05) is 13.2 Å². The van der Waals surface area contributed by atoms with Gasteiger partial charge in [0.15, 0.2) is 0 Å². The maximum atomic E-state index is 12.3. The molecule has 15 heteroatoms. The highest BCUT2D eigenvalue weighted by Crippen LogP contribution is 2.00. The Morgan fingerprint density at radius 1 is 0.655 bits per heavy atom. The summed E-state index contributed by atoms with van der Waals surface area (Å²) in [6, 6.07) is -6.89. The first-order valence-electron chi connectivity index (χ1n) is 7.97. The van der Waals surface area contributed by atoms with Crippen LogP contribution in [0.2, 0.25) is 0 Å². The predicted octanol–water partition coefficient (Wildman–Crippen LogP) is -5.21. The van der Waals surface area contributed by atoms with Crippen LogP contribution in [0.3, 0.4) is 0 Å². The number of amides is 3. The van der Waals surface area contributed by atoms with E-state index in [9.17, 15) is 28.8 Å². The zero-order valence-corrected chi connectivity index (χ0v) is 14.9. The molecule has 0 aliphatic rings. The molecule has 164 valence electrons. The summed E-state index contributed by atoms with van der Waals surface area (Å²) in [5.74, 6) is -8.37. The van der Waals surface area contributed by atoms with E-state index in [0.29, 0.717) is 0 Å². The van der Waals surface area contributed by atoms with Crippen molar-refractivity contribution in [2.45, 2.75) is 37.0 Å². The number of carboxylic acid groups (broad SMARTS) is 3. The summed E-state index contributed by atoms with van der Waals surface area (Å²) in [6.45, 7) is -1.83. The molecule has 10 N–H and O–H groups in total. The zero-order valence-electron chi connectivity index (χ0n) is 14.9. The van der Waals surface area contributed by atoms with Gasteiger partial charge in [-0.1, -0.05) is 0 Å². The Balaban J connectivity index is 5.42. The Kier molecular flexibility index (Phi) is 10.8. The molecule has 0 aliphatic heterocycles. The number of aliphatic hydroxyl groups is 2. The number of hydrogen-bond donors (Lipinski definition) is 9. The lowest BCUT2D eigenvalue weighted by Crippen LogP contribution is -2.58. The van der Waals surface area contributed by atoms with E-state index in [4.69, 9.17) is 31.3 Å². The van der Waals surface area contributed by atoms with Crippen LogP contribution in [0.15, 0.2) is 0 Å². The van der Waals surface area contributed by atoms with E-state index in [1.165, 1.54) is 0 Å². The Bertz CT molecular complexity index is 653. The largest absolute Gasteiger partial charge is 0.481 e. The molecule has 29 heavy (non-hydrogen) atoms. The standard InChI is InChI=1S/C14H22N4O11/c15-5(3-19)11(25)16-6(1-9(21)22)12(26)17-7(2-10(23)24)13(27)18-8(4-20)14(28)29/h5-8,19-20H,1-4,15H2,(H,16,25)(H,17,26)(H,18,27)(H,21,22)(H,23,24)(H,28,29). The highest BCUT2D eigenvalue weighted by Gasteiger charge is 2.32. The molecule has 0 fully saturated rings. The molecule has 0 aromatic rings. The van der Waals surface area contributed by atoms with Gasteiger partial charge in [-0.3, -0.25) is 24.0 Å². The van der Waals surface area contributed by atoms with Gasteiger partial charge in [-0.05, 0) is 0 Å². The van der Waals surface area contributed by atoms with Crippen LogP contribution in [0.4, 0.5) is 0 Å². The molecule has 0 aromatic heterocycles. The molecule has 0 heterocycles. The number of aliphatic carboxylic acids is 3. The van der Waals surface area contributed by atoms with Crippen molar-refractivity contribution in [3.63, 3.8) is 0 Å². The second kappa shape index (κ2) is 12.2. The zero-order chi connectivity index (χ0) is 22.7. The lowest BCUT2D eigenvalue weighted by Gasteiger charge is -2.23. The molecule has 0 saturated heterocycles. The van der Waals surface area contributed by atoms with E-state index in [1.54, 1.807) is 5.32 Å². The SMILES string of the molecule is NC(CO)C(=O)NC(CC(=O)O)C(=O)NC(CC(=O)O)C(=O)NC(CO)C(=O)O. The second-order valence-electron chi connectivity index (χ2n) is 5.69. The molecule has 4 atom stereocenters. The fourth-order valence-electron chi connectivity index (χ4n) is 1.86. The van der Waals surface area contributed by atoms with Gasteiger partial charge in [0.1, 0.15) is 24.2 Å². The monoisotopic (exact) mass is 422 g/mol. The molecular weight excluding hydrogens is 400 g/mol. The second-order valence-corrected chi connectivity index (χ2v) is 5.69. The quantitative estimate of drug-likeness (QED) is 0.135. The van der Waals surface area contributed by atoms with Crippen LogP contribution in [0.5, 0.6) is 0 Å². The number of carbonyl (C=O) groups is 6. The average Bonchev–Trinajstić information content (AvgIpc) is 2.62. The van der Waals surface area contributed by atoms with Crippen molar-refractivity contribution in [1.82, 2.24) is 16.0 Å². The number of hydrogen-bond acceptors (Lipinski definition) is 9. The smallest absolute Gasteiger partial charge is 0.328 e. The number of rotatable bonds is 13. The topological polar surface area (TPSA) is 266 Å². The van der Waals surface area contributed by atoms with E-state index < -0.39 is 85.9 Å². The molecule has 15 nitrogen and oxygen atoms in total. The molecule has 0 aliphatic carbocycles. The van der Waals surface area contributed by atoms with Crippen LogP contribution in [0, 0.1) is 0 Å². The van der Waals surface area contributed by atoms with Crippen LogP contribution >= 0.6 is 0 Å². The number of nitrogens with two attached hydrogens (primary N) is 1. The van der Waals surface area contributed by atoms with Gasteiger partial charge in [-0.2, -0.15) is 0 Å². The third-order valence-corrected chi connectivity index (χ3v) is 3.35. The van der Waals surface area contributed by atoms with Crippen molar-refractivity contribution in [1.29, 1.82) is 0 Å². The molecular formula is C14H22N4O11. The maximum Gasteiger partial charge on any atom is 0.328 e. The Hall–Kier alpha value is -3.30. The van der Waals surface area contributed by atoms with Crippen LogP contribution in [0.25, 0.3) is 0 Å². The van der Waals surface area contributed by atoms with Gasteiger partial charge in [0.25, 0.3) is 0 Å². The third-order valence-electron chi connectivity index (χ3n) is 3.35. The first-order chi connectivity index (χ1) is 13.4. The Labute approximate surface area is 162 Å². The summed E-state index contributed by atoms with van der Waals surface area (Å²) >= 11 is 0. The molecule has 3 amide bonds. The Morgan fingerprint density at radius 3 is 1.34 bits per heavy atom. The fraction of sp³-hybridized carbons (Fsp3) is 0.571. The van der Waals surface area contributed by atoms with Gasteiger partial charge in [-0.25, -0.2) is 4.79 Å². The lowest BCUT2D eigenvalue weighted by atomic mass is 10.1. The number of carbonyl (C=O) groups excluding carboxylic acids is 3. The van der Waals surface area contributed by atoms with Gasteiger partial charge in [-0.15, -0.1) is 0 Å². The molecule has 0 rings (SSSR count). The first kappa shape index (κ1) is 25.7. The minimum absolute atomic E-state index is 0.810. The van der Waals surface area contributed by atoms with Gasteiger partial charge in [0.2, 0.25) is 17.7 Å². The minimum Gasteiger partial charge on any atom is -0.481 e. The lowest BCUT2D eigenvalue weighted by molar-refractivity contribution is -0.145. The minimum atomic E-state index is -1.85. The summed E-state index contributed by atoms with van der Waals surface area (Å²) in [6.07, 6.45) is -1.98. The van der Waals surface area contributed by atoms with Crippen molar-refractivity contribution in [2.24, 2.45) is 5.73 Å². The van der Waals surface area contributed by atoms with Crippen molar-refractivity contribution in [3.05, 3.63) is 0 Å². The van der Waals surface area contributed by atoms with E-state index in [2.05, 4.69) is 0 Å². The normalized spacial score (nSPS) is 14.6. The summed E-state index contributed by atoms with van der Waals surface area (Å²) in [4.78, 5) is 68.8. The van der Waals surface area contributed by atoms with Crippen LogP contribution in [-0.4, -0.2) is 98.5 Å². The van der Waals surface area contributed by atoms with Crippen LogP contribution in [-0.2, 0) is 28.8 Å². The van der Waals surface area contributed by atoms with Gasteiger partial charge in [0.05, 0.1) is 26.1 Å². The molecule has 0 radical (unpaired) electrons. The Morgan fingerprint density at radius 2 is 1.03 bits per heavy atom. The molecule has 0 aromatic carbocycles. The van der Waals surface area contributed by atoms with E-state index >= 15 is 0 Å². The molecule has 0 bridgehead atoms. The highest BCUT2D eigenvalue weighted by atomic mass is 16.4. The predicted molar refractivity (Wildman–Crippen MR) is 90.1 cm³/mol. The van der Waals surface area contributed by atoms with Crippen LogP contribution < -0.4 is 21.7 Å². The van der Waals surface area contributed by atoms with Crippen LogP contribution in [0.1, 0.15) is 12.8 Å². The average molecular weight is 422 g/mol. The van der Waals surface area contributed by atoms with Crippen molar-refractivity contribution >= 4 is 35.6 Å². The third kappa shape index (κ3) is 9.45. The molecule has 4 unspecified atom stereocenters. The summed E-state index contributed by atoms with van der Waals surface area (Å²) in [5, 5.41) is 49.9. The molecule has 0 spiro atoms.